The van der Waals surface area contributed by atoms with Gasteiger partial charge in [0, 0.05) is 0 Å². The van der Waals surface area contributed by atoms with Crippen LogP contribution in [0.2, 0.25) is 0 Å². The van der Waals surface area contributed by atoms with Gasteiger partial charge in [-0.2, -0.15) is 0 Å². The summed E-state index contributed by atoms with van der Waals surface area (Å²) in [6.45, 7) is 6.00. The van der Waals surface area contributed by atoms with E-state index in [1.165, 1.54) is 42.4 Å². The number of hydrogen-bond acceptors (Lipinski definition) is 0. The fourth-order valence-electron chi connectivity index (χ4n) is 2.44. The molecule has 0 heteroatoms. The van der Waals surface area contributed by atoms with Crippen molar-refractivity contribution >= 4 is 6.08 Å². The van der Waals surface area contributed by atoms with Gasteiger partial charge in [0.1, 0.15) is 0 Å². The zero-order valence-corrected chi connectivity index (χ0v) is 8.92. The second kappa shape index (κ2) is 4.00. The first-order valence-electron chi connectivity index (χ1n) is 5.54. The minimum atomic E-state index is 0.826. The van der Waals surface area contributed by atoms with Gasteiger partial charge in [-0.3, -0.25) is 0 Å². The van der Waals surface area contributed by atoms with Gasteiger partial charge in [-0.25, -0.2) is 0 Å². The molecular formula is C14H18. The molecule has 0 aromatic heterocycles. The van der Waals surface area contributed by atoms with E-state index in [9.17, 15) is 0 Å². The van der Waals surface area contributed by atoms with Crippen LogP contribution in [-0.2, 0) is 0 Å². The predicted octanol–water partition coefficient (Wildman–Crippen LogP) is 4.30. The summed E-state index contributed by atoms with van der Waals surface area (Å²) in [5.41, 5.74) is 4.17. The van der Waals surface area contributed by atoms with Crippen molar-refractivity contribution in [3.8, 4) is 0 Å². The number of hydrogen-bond donors (Lipinski definition) is 0. The second-order valence-electron chi connectivity index (χ2n) is 4.30. The van der Waals surface area contributed by atoms with Gasteiger partial charge in [-0.05, 0) is 42.4 Å². The normalized spacial score (nSPS) is 17.2. The maximum absolute atomic E-state index is 3.82. The zero-order valence-electron chi connectivity index (χ0n) is 8.92. The van der Waals surface area contributed by atoms with E-state index in [2.05, 4.69) is 31.7 Å². The standard InChI is InChI=1S/C14H18/c1-3-12-8-9-14(10-11(12)2)13-6-4-5-7-13/h3,8-10,13H,1,4-7H2,2H3. The fraction of sp³-hybridized carbons (Fsp3) is 0.429. The van der Waals surface area contributed by atoms with Crippen LogP contribution < -0.4 is 0 Å². The van der Waals surface area contributed by atoms with Crippen LogP contribution in [0.15, 0.2) is 24.8 Å². The van der Waals surface area contributed by atoms with E-state index < -0.39 is 0 Å². The maximum atomic E-state index is 3.82. The zero-order chi connectivity index (χ0) is 9.97. The van der Waals surface area contributed by atoms with Gasteiger partial charge < -0.3 is 0 Å². The maximum Gasteiger partial charge on any atom is -0.0162 e. The molecule has 0 saturated heterocycles. The lowest BCUT2D eigenvalue weighted by Gasteiger charge is -2.11. The monoisotopic (exact) mass is 186 g/mol. The Bertz CT molecular complexity index is 330. The van der Waals surface area contributed by atoms with Crippen LogP contribution in [0.3, 0.4) is 0 Å². The molecule has 0 radical (unpaired) electrons. The lowest BCUT2D eigenvalue weighted by Crippen LogP contribution is -1.93. The number of aryl methyl sites for hydroxylation is 1. The third kappa shape index (κ3) is 1.75. The van der Waals surface area contributed by atoms with Crippen LogP contribution in [0.5, 0.6) is 0 Å². The van der Waals surface area contributed by atoms with E-state index in [4.69, 9.17) is 0 Å². The van der Waals surface area contributed by atoms with E-state index in [1.807, 2.05) is 6.08 Å². The summed E-state index contributed by atoms with van der Waals surface area (Å²) < 4.78 is 0. The van der Waals surface area contributed by atoms with Crippen molar-refractivity contribution in [2.45, 2.75) is 38.5 Å². The largest absolute Gasteiger partial charge is 0.0985 e. The number of rotatable bonds is 2. The Morgan fingerprint density at radius 3 is 2.57 bits per heavy atom. The molecule has 2 rings (SSSR count). The van der Waals surface area contributed by atoms with E-state index >= 15 is 0 Å². The van der Waals surface area contributed by atoms with E-state index in [-0.39, 0.29) is 0 Å². The molecular weight excluding hydrogens is 168 g/mol. The van der Waals surface area contributed by atoms with Crippen molar-refractivity contribution in [2.75, 3.05) is 0 Å². The lowest BCUT2D eigenvalue weighted by atomic mass is 9.94. The topological polar surface area (TPSA) is 0 Å². The summed E-state index contributed by atoms with van der Waals surface area (Å²) in [5, 5.41) is 0. The van der Waals surface area contributed by atoms with E-state index in [0.717, 1.165) is 5.92 Å². The molecule has 1 aromatic rings. The molecule has 1 aliphatic carbocycles. The molecule has 0 bridgehead atoms. The van der Waals surface area contributed by atoms with Crippen LogP contribution >= 0.6 is 0 Å². The van der Waals surface area contributed by atoms with E-state index in [1.54, 1.807) is 0 Å². The van der Waals surface area contributed by atoms with Gasteiger partial charge >= 0.3 is 0 Å². The smallest absolute Gasteiger partial charge is 0.0162 e. The average molecular weight is 186 g/mol. The van der Waals surface area contributed by atoms with Crippen LogP contribution in [0, 0.1) is 6.92 Å². The molecule has 1 aromatic carbocycles. The summed E-state index contributed by atoms with van der Waals surface area (Å²) in [6, 6.07) is 6.82. The molecule has 0 unspecified atom stereocenters. The molecule has 0 N–H and O–H groups in total. The summed E-state index contributed by atoms with van der Waals surface area (Å²) >= 11 is 0. The minimum absolute atomic E-state index is 0.826. The van der Waals surface area contributed by atoms with Crippen molar-refractivity contribution < 1.29 is 0 Å². The van der Waals surface area contributed by atoms with Gasteiger partial charge in [0.2, 0.25) is 0 Å². The molecule has 1 saturated carbocycles. The van der Waals surface area contributed by atoms with Crippen molar-refractivity contribution in [3.63, 3.8) is 0 Å². The molecule has 0 aliphatic heterocycles. The Morgan fingerprint density at radius 2 is 2.00 bits per heavy atom. The summed E-state index contributed by atoms with van der Waals surface area (Å²) in [6.07, 6.45) is 7.52. The molecule has 0 amide bonds. The summed E-state index contributed by atoms with van der Waals surface area (Å²) in [5.74, 6) is 0.826. The highest BCUT2D eigenvalue weighted by Gasteiger charge is 2.16. The highest BCUT2D eigenvalue weighted by molar-refractivity contribution is 5.52. The van der Waals surface area contributed by atoms with Gasteiger partial charge in [-0.15, -0.1) is 0 Å². The van der Waals surface area contributed by atoms with Crippen LogP contribution in [0.4, 0.5) is 0 Å². The number of benzene rings is 1. The SMILES string of the molecule is C=Cc1ccc(C2CCCC2)cc1C. The van der Waals surface area contributed by atoms with Crippen LogP contribution in [-0.4, -0.2) is 0 Å². The van der Waals surface area contributed by atoms with Crippen molar-refractivity contribution in [1.29, 1.82) is 0 Å². The Kier molecular flexibility index (Phi) is 2.72. The molecule has 1 fully saturated rings. The van der Waals surface area contributed by atoms with E-state index in [0.29, 0.717) is 0 Å². The molecule has 0 spiro atoms. The van der Waals surface area contributed by atoms with Gasteiger partial charge in [0.25, 0.3) is 0 Å². The molecule has 0 nitrogen and oxygen atoms in total. The van der Waals surface area contributed by atoms with Gasteiger partial charge in [-0.1, -0.05) is 43.7 Å². The fourth-order valence-corrected chi connectivity index (χ4v) is 2.44. The lowest BCUT2D eigenvalue weighted by molar-refractivity contribution is 0.722. The van der Waals surface area contributed by atoms with Crippen LogP contribution in [0.1, 0.15) is 48.3 Å². The third-order valence-electron chi connectivity index (χ3n) is 3.34. The highest BCUT2D eigenvalue weighted by Crippen LogP contribution is 2.34. The first-order valence-corrected chi connectivity index (χ1v) is 5.54. The molecule has 1 aliphatic rings. The molecule has 0 heterocycles. The van der Waals surface area contributed by atoms with Gasteiger partial charge in [0.15, 0.2) is 0 Å². The predicted molar refractivity (Wildman–Crippen MR) is 62.5 cm³/mol. The molecule has 74 valence electrons. The highest BCUT2D eigenvalue weighted by atomic mass is 14.2. The summed E-state index contributed by atoms with van der Waals surface area (Å²) in [7, 11) is 0. The Balaban J connectivity index is 2.27. The van der Waals surface area contributed by atoms with Gasteiger partial charge in [0.05, 0.1) is 0 Å². The Morgan fingerprint density at radius 1 is 1.29 bits per heavy atom. The first kappa shape index (κ1) is 9.51. The minimum Gasteiger partial charge on any atom is -0.0985 e. The van der Waals surface area contributed by atoms with Crippen molar-refractivity contribution in [2.24, 2.45) is 0 Å². The second-order valence-corrected chi connectivity index (χ2v) is 4.30. The molecule has 14 heavy (non-hydrogen) atoms. The van der Waals surface area contributed by atoms with Crippen molar-refractivity contribution in [3.05, 3.63) is 41.5 Å². The average Bonchev–Trinajstić information content (AvgIpc) is 2.70. The Labute approximate surface area is 86.7 Å². The molecule has 0 atom stereocenters. The summed E-state index contributed by atoms with van der Waals surface area (Å²) in [4.78, 5) is 0. The third-order valence-corrected chi connectivity index (χ3v) is 3.34. The quantitative estimate of drug-likeness (QED) is 0.646. The van der Waals surface area contributed by atoms with Crippen molar-refractivity contribution in [1.82, 2.24) is 0 Å². The van der Waals surface area contributed by atoms with Crippen LogP contribution in [0.25, 0.3) is 6.08 Å². The Hall–Kier alpha value is -1.04. The first-order chi connectivity index (χ1) is 6.81.